The van der Waals surface area contributed by atoms with Gasteiger partial charge in [0.05, 0.1) is 11.6 Å². The molecule has 0 amide bonds. The summed E-state index contributed by atoms with van der Waals surface area (Å²) in [5, 5.41) is 8.79. The molecule has 2 rings (SSSR count). The highest BCUT2D eigenvalue weighted by Crippen LogP contribution is 2.43. The Labute approximate surface area is 84.3 Å². The molecule has 1 aliphatic carbocycles. The van der Waals surface area contributed by atoms with Gasteiger partial charge in [0.2, 0.25) is 0 Å². The largest absolute Gasteiger partial charge is 0.323 e. The van der Waals surface area contributed by atoms with Gasteiger partial charge in [-0.25, -0.2) is 0 Å². The van der Waals surface area contributed by atoms with Gasteiger partial charge in [-0.2, -0.15) is 5.26 Å². The van der Waals surface area contributed by atoms with E-state index in [-0.39, 0.29) is 11.5 Å². The summed E-state index contributed by atoms with van der Waals surface area (Å²) in [6.45, 7) is 4.34. The summed E-state index contributed by atoms with van der Waals surface area (Å²) in [7, 11) is 0. The zero-order valence-corrected chi connectivity index (χ0v) is 8.54. The molecular weight excluding hydrogens is 172 g/mol. The van der Waals surface area contributed by atoms with E-state index in [1.54, 1.807) is 0 Å². The van der Waals surface area contributed by atoms with Gasteiger partial charge in [-0.05, 0) is 35.1 Å². The van der Waals surface area contributed by atoms with E-state index in [2.05, 4.69) is 19.9 Å². The summed E-state index contributed by atoms with van der Waals surface area (Å²) in [5.74, 6) is 0. The van der Waals surface area contributed by atoms with Crippen molar-refractivity contribution in [3.63, 3.8) is 0 Å². The Hall–Kier alpha value is -1.33. The molecule has 0 spiro atoms. The number of rotatable bonds is 0. The molecule has 0 heterocycles. The molecule has 0 aliphatic heterocycles. The van der Waals surface area contributed by atoms with Crippen LogP contribution in [0.25, 0.3) is 0 Å². The van der Waals surface area contributed by atoms with E-state index in [1.165, 1.54) is 5.56 Å². The lowest BCUT2D eigenvalue weighted by Gasteiger charge is -2.23. The van der Waals surface area contributed by atoms with Crippen molar-refractivity contribution in [1.82, 2.24) is 0 Å². The quantitative estimate of drug-likeness (QED) is 0.674. The van der Waals surface area contributed by atoms with Gasteiger partial charge >= 0.3 is 0 Å². The first-order chi connectivity index (χ1) is 6.54. The molecule has 0 saturated heterocycles. The monoisotopic (exact) mass is 186 g/mol. The minimum Gasteiger partial charge on any atom is -0.323 e. The maximum atomic E-state index is 8.79. The highest BCUT2D eigenvalue weighted by Gasteiger charge is 2.36. The van der Waals surface area contributed by atoms with Gasteiger partial charge < -0.3 is 5.73 Å². The number of fused-ring (bicyclic) bond motifs is 1. The maximum Gasteiger partial charge on any atom is 0.0991 e. The van der Waals surface area contributed by atoms with Gasteiger partial charge in [-0.3, -0.25) is 0 Å². The van der Waals surface area contributed by atoms with E-state index in [1.807, 2.05) is 18.2 Å². The second-order valence-corrected chi connectivity index (χ2v) is 4.67. The van der Waals surface area contributed by atoms with Crippen molar-refractivity contribution in [2.75, 3.05) is 0 Å². The number of nitrogens with two attached hydrogens (primary N) is 1. The molecule has 0 bridgehead atoms. The van der Waals surface area contributed by atoms with Crippen molar-refractivity contribution in [1.29, 1.82) is 5.26 Å². The van der Waals surface area contributed by atoms with Gasteiger partial charge in [0.15, 0.2) is 0 Å². The summed E-state index contributed by atoms with van der Waals surface area (Å²) >= 11 is 0. The Balaban J connectivity index is 2.52. The predicted octanol–water partition coefficient (Wildman–Crippen LogP) is 2.14. The molecule has 1 aromatic rings. The SMILES string of the molecule is CC1(C)Cc2ccc(C#N)cc2[C@@H]1N. The molecule has 2 N–H and O–H groups in total. The number of hydrogen-bond acceptors (Lipinski definition) is 2. The van der Waals surface area contributed by atoms with E-state index in [0.29, 0.717) is 5.56 Å². The van der Waals surface area contributed by atoms with Gasteiger partial charge in [-0.1, -0.05) is 19.9 Å². The fourth-order valence-corrected chi connectivity index (χ4v) is 2.14. The highest BCUT2D eigenvalue weighted by molar-refractivity contribution is 5.44. The Morgan fingerprint density at radius 2 is 2.21 bits per heavy atom. The van der Waals surface area contributed by atoms with Crippen LogP contribution in [-0.2, 0) is 6.42 Å². The van der Waals surface area contributed by atoms with Crippen molar-refractivity contribution in [3.8, 4) is 6.07 Å². The van der Waals surface area contributed by atoms with Crippen LogP contribution in [0.2, 0.25) is 0 Å². The van der Waals surface area contributed by atoms with Crippen molar-refractivity contribution in [2.45, 2.75) is 26.3 Å². The molecule has 72 valence electrons. The Bertz CT molecular complexity index is 413. The standard InChI is InChI=1S/C12H14N2/c1-12(2)6-9-4-3-8(7-13)5-10(9)11(12)14/h3-5,11H,6,14H2,1-2H3/t11-/m0/s1. The highest BCUT2D eigenvalue weighted by atomic mass is 14.7. The van der Waals surface area contributed by atoms with E-state index < -0.39 is 0 Å². The van der Waals surface area contributed by atoms with Gasteiger partial charge in [0.25, 0.3) is 0 Å². The van der Waals surface area contributed by atoms with E-state index in [9.17, 15) is 0 Å². The molecular formula is C12H14N2. The lowest BCUT2D eigenvalue weighted by atomic mass is 9.86. The first-order valence-electron chi connectivity index (χ1n) is 4.83. The summed E-state index contributed by atoms with van der Waals surface area (Å²) in [6, 6.07) is 8.03. The van der Waals surface area contributed by atoms with Gasteiger partial charge in [-0.15, -0.1) is 0 Å². The van der Waals surface area contributed by atoms with Crippen LogP contribution in [0.1, 0.15) is 36.6 Å². The topological polar surface area (TPSA) is 49.8 Å². The first-order valence-corrected chi connectivity index (χ1v) is 4.83. The normalized spacial score (nSPS) is 22.9. The summed E-state index contributed by atoms with van der Waals surface area (Å²) in [4.78, 5) is 0. The first kappa shape index (κ1) is 9.23. The fourth-order valence-electron chi connectivity index (χ4n) is 2.14. The molecule has 0 unspecified atom stereocenters. The van der Waals surface area contributed by atoms with Crippen LogP contribution in [0.4, 0.5) is 0 Å². The van der Waals surface area contributed by atoms with Crippen LogP contribution in [0.3, 0.4) is 0 Å². The van der Waals surface area contributed by atoms with Crippen molar-refractivity contribution < 1.29 is 0 Å². The van der Waals surface area contributed by atoms with Crippen molar-refractivity contribution in [2.24, 2.45) is 11.1 Å². The minimum atomic E-state index is 0.0609. The van der Waals surface area contributed by atoms with Crippen LogP contribution >= 0.6 is 0 Å². The van der Waals surface area contributed by atoms with Crippen LogP contribution in [0, 0.1) is 16.7 Å². The second kappa shape index (κ2) is 2.83. The van der Waals surface area contributed by atoms with Crippen LogP contribution in [0.5, 0.6) is 0 Å². The maximum absolute atomic E-state index is 8.79. The van der Waals surface area contributed by atoms with Crippen LogP contribution in [-0.4, -0.2) is 0 Å². The van der Waals surface area contributed by atoms with Crippen LogP contribution in [0.15, 0.2) is 18.2 Å². The summed E-state index contributed by atoms with van der Waals surface area (Å²) in [5.41, 5.74) is 9.41. The zero-order valence-electron chi connectivity index (χ0n) is 8.54. The van der Waals surface area contributed by atoms with Gasteiger partial charge in [0.1, 0.15) is 0 Å². The summed E-state index contributed by atoms with van der Waals surface area (Å²) < 4.78 is 0. The zero-order chi connectivity index (χ0) is 10.3. The molecule has 1 aromatic carbocycles. The molecule has 2 heteroatoms. The Morgan fingerprint density at radius 3 is 2.86 bits per heavy atom. The minimum absolute atomic E-state index is 0.0609. The van der Waals surface area contributed by atoms with E-state index in [4.69, 9.17) is 11.0 Å². The Morgan fingerprint density at radius 1 is 1.50 bits per heavy atom. The van der Waals surface area contributed by atoms with Crippen molar-refractivity contribution in [3.05, 3.63) is 34.9 Å². The number of hydrogen-bond donors (Lipinski definition) is 1. The average molecular weight is 186 g/mol. The molecule has 14 heavy (non-hydrogen) atoms. The van der Waals surface area contributed by atoms with Crippen molar-refractivity contribution >= 4 is 0 Å². The number of benzene rings is 1. The predicted molar refractivity (Wildman–Crippen MR) is 55.6 cm³/mol. The van der Waals surface area contributed by atoms with E-state index in [0.717, 1.165) is 12.0 Å². The number of nitriles is 1. The third kappa shape index (κ3) is 1.21. The summed E-state index contributed by atoms with van der Waals surface area (Å²) in [6.07, 6.45) is 1.01. The lowest BCUT2D eigenvalue weighted by Crippen LogP contribution is -2.24. The molecule has 0 fully saturated rings. The molecule has 1 atom stereocenters. The second-order valence-electron chi connectivity index (χ2n) is 4.67. The van der Waals surface area contributed by atoms with Crippen LogP contribution < -0.4 is 5.73 Å². The number of nitrogens with zero attached hydrogens (tertiary/aromatic N) is 1. The molecule has 0 radical (unpaired) electrons. The third-order valence-electron chi connectivity index (χ3n) is 3.10. The molecule has 1 aliphatic rings. The third-order valence-corrected chi connectivity index (χ3v) is 3.10. The molecule has 0 aromatic heterocycles. The molecule has 0 saturated carbocycles. The Kier molecular flexibility index (Phi) is 1.87. The van der Waals surface area contributed by atoms with E-state index >= 15 is 0 Å². The van der Waals surface area contributed by atoms with Gasteiger partial charge in [0, 0.05) is 6.04 Å². The molecule has 2 nitrogen and oxygen atoms in total. The fraction of sp³-hybridized carbons (Fsp3) is 0.417. The average Bonchev–Trinajstić information content (AvgIpc) is 2.38. The lowest BCUT2D eigenvalue weighted by molar-refractivity contribution is 0.319. The smallest absolute Gasteiger partial charge is 0.0991 e.